The summed E-state index contributed by atoms with van der Waals surface area (Å²) in [4.78, 5) is 10.4. The van der Waals surface area contributed by atoms with Crippen LogP contribution in [-0.4, -0.2) is 18.2 Å². The molecule has 1 N–H and O–H groups in total. The quantitative estimate of drug-likeness (QED) is 0.868. The van der Waals surface area contributed by atoms with Gasteiger partial charge >= 0.3 is 5.97 Å². The summed E-state index contributed by atoms with van der Waals surface area (Å²) in [7, 11) is 1.61. The second-order valence-electron chi connectivity index (χ2n) is 2.83. The molecule has 0 aliphatic rings. The zero-order valence-corrected chi connectivity index (χ0v) is 9.95. The zero-order chi connectivity index (χ0) is 10.6. The minimum atomic E-state index is -0.774. The number of aliphatic carboxylic acids is 1. The summed E-state index contributed by atoms with van der Waals surface area (Å²) in [5.74, 6) is 0.0251. The number of rotatable bonds is 4. The Morgan fingerprint density at radius 2 is 2.29 bits per heavy atom. The van der Waals surface area contributed by atoms with Crippen LogP contribution in [-0.2, 0) is 11.2 Å². The van der Waals surface area contributed by atoms with E-state index in [1.54, 1.807) is 7.11 Å². The van der Waals surface area contributed by atoms with E-state index in [4.69, 9.17) is 9.84 Å². The average molecular weight is 306 g/mol. The smallest absolute Gasteiger partial charge is 0.303 e. The minimum absolute atomic E-state index is 0.156. The highest BCUT2D eigenvalue weighted by molar-refractivity contribution is 14.1. The molecule has 0 bridgehead atoms. The monoisotopic (exact) mass is 306 g/mol. The second-order valence-corrected chi connectivity index (χ2v) is 3.91. The topological polar surface area (TPSA) is 46.5 Å². The van der Waals surface area contributed by atoms with Gasteiger partial charge in [-0.15, -0.1) is 0 Å². The third-order valence-corrected chi connectivity index (χ3v) is 3.10. The zero-order valence-electron chi connectivity index (χ0n) is 7.79. The Balaban J connectivity index is 2.81. The summed E-state index contributed by atoms with van der Waals surface area (Å²) in [5.41, 5.74) is 1.02. The predicted molar refractivity (Wildman–Crippen MR) is 61.7 cm³/mol. The first-order valence-electron chi connectivity index (χ1n) is 4.18. The highest BCUT2D eigenvalue weighted by atomic mass is 127. The first-order valence-corrected chi connectivity index (χ1v) is 5.26. The Bertz CT molecular complexity index is 336. The molecule has 0 aromatic heterocycles. The number of carboxylic acid groups (broad SMARTS) is 1. The molecule has 0 saturated heterocycles. The summed E-state index contributed by atoms with van der Waals surface area (Å²) in [6.45, 7) is 0. The van der Waals surface area contributed by atoms with Crippen molar-refractivity contribution < 1.29 is 14.6 Å². The average Bonchev–Trinajstić information content (AvgIpc) is 2.16. The number of carboxylic acids is 1. The van der Waals surface area contributed by atoms with Crippen molar-refractivity contribution in [2.24, 2.45) is 0 Å². The molecular weight excluding hydrogens is 295 g/mol. The summed E-state index contributed by atoms with van der Waals surface area (Å²) < 4.78 is 6.13. The molecule has 14 heavy (non-hydrogen) atoms. The van der Waals surface area contributed by atoms with Crippen molar-refractivity contribution in [2.75, 3.05) is 7.11 Å². The maximum Gasteiger partial charge on any atom is 0.303 e. The van der Waals surface area contributed by atoms with E-state index in [1.165, 1.54) is 0 Å². The Labute approximate surface area is 96.2 Å². The van der Waals surface area contributed by atoms with Crippen molar-refractivity contribution in [1.29, 1.82) is 0 Å². The van der Waals surface area contributed by atoms with Gasteiger partial charge < -0.3 is 9.84 Å². The predicted octanol–water partition coefficient (Wildman–Crippen LogP) is 2.32. The summed E-state index contributed by atoms with van der Waals surface area (Å²) >= 11 is 2.17. The molecular formula is C10H11IO3. The number of hydrogen-bond donors (Lipinski definition) is 1. The lowest BCUT2D eigenvalue weighted by Crippen LogP contribution is -2.00. The van der Waals surface area contributed by atoms with Crippen molar-refractivity contribution >= 4 is 28.6 Å². The fraction of sp³-hybridized carbons (Fsp3) is 0.300. The molecule has 0 heterocycles. The van der Waals surface area contributed by atoms with Crippen LogP contribution in [0.2, 0.25) is 0 Å². The molecule has 0 unspecified atom stereocenters. The maximum atomic E-state index is 10.4. The van der Waals surface area contributed by atoms with Crippen LogP contribution in [0.4, 0.5) is 0 Å². The van der Waals surface area contributed by atoms with Crippen LogP contribution in [0.25, 0.3) is 0 Å². The van der Waals surface area contributed by atoms with E-state index in [0.29, 0.717) is 6.42 Å². The maximum absolute atomic E-state index is 10.4. The van der Waals surface area contributed by atoms with Gasteiger partial charge in [0, 0.05) is 6.42 Å². The van der Waals surface area contributed by atoms with Gasteiger partial charge in [0.05, 0.1) is 10.7 Å². The van der Waals surface area contributed by atoms with Gasteiger partial charge in [-0.05, 0) is 40.6 Å². The van der Waals surface area contributed by atoms with Gasteiger partial charge in [0.25, 0.3) is 0 Å². The van der Waals surface area contributed by atoms with Crippen LogP contribution < -0.4 is 4.74 Å². The van der Waals surface area contributed by atoms with Gasteiger partial charge in [-0.1, -0.05) is 12.1 Å². The van der Waals surface area contributed by atoms with Crippen LogP contribution in [0, 0.1) is 3.57 Å². The van der Waals surface area contributed by atoms with Gasteiger partial charge in [-0.25, -0.2) is 0 Å². The fourth-order valence-electron chi connectivity index (χ4n) is 1.15. The lowest BCUT2D eigenvalue weighted by Gasteiger charge is -2.07. The van der Waals surface area contributed by atoms with Crippen molar-refractivity contribution in [3.05, 3.63) is 27.3 Å². The van der Waals surface area contributed by atoms with Gasteiger partial charge in [0.1, 0.15) is 5.75 Å². The molecule has 0 aliphatic heterocycles. The van der Waals surface area contributed by atoms with E-state index in [0.717, 1.165) is 14.9 Å². The van der Waals surface area contributed by atoms with Gasteiger partial charge in [0.15, 0.2) is 0 Å². The SMILES string of the molecule is COc1cccc(CCC(=O)O)c1I. The molecule has 1 aromatic carbocycles. The largest absolute Gasteiger partial charge is 0.496 e. The molecule has 0 atom stereocenters. The first kappa shape index (κ1) is 11.3. The number of halogens is 1. The number of methoxy groups -OCH3 is 1. The van der Waals surface area contributed by atoms with Gasteiger partial charge in [-0.2, -0.15) is 0 Å². The normalized spacial score (nSPS) is 9.86. The van der Waals surface area contributed by atoms with Gasteiger partial charge in [0.2, 0.25) is 0 Å². The van der Waals surface area contributed by atoms with Crippen LogP contribution in [0.1, 0.15) is 12.0 Å². The van der Waals surface area contributed by atoms with Crippen molar-refractivity contribution in [1.82, 2.24) is 0 Å². The number of ether oxygens (including phenoxy) is 1. The van der Waals surface area contributed by atoms with Crippen LogP contribution in [0.15, 0.2) is 18.2 Å². The van der Waals surface area contributed by atoms with Crippen LogP contribution in [0.5, 0.6) is 5.75 Å². The standard InChI is InChI=1S/C10H11IO3/c1-14-8-4-2-3-7(10(8)11)5-6-9(12)13/h2-4H,5-6H2,1H3,(H,12,13). The summed E-state index contributed by atoms with van der Waals surface area (Å²) in [6, 6.07) is 5.66. The van der Waals surface area contributed by atoms with Crippen molar-refractivity contribution in [3.63, 3.8) is 0 Å². The molecule has 1 aromatic rings. The molecule has 0 spiro atoms. The van der Waals surface area contributed by atoms with E-state index < -0.39 is 5.97 Å². The molecule has 76 valence electrons. The first-order chi connectivity index (χ1) is 6.65. The molecule has 4 heteroatoms. The second kappa shape index (κ2) is 5.19. The molecule has 3 nitrogen and oxygen atoms in total. The number of carbonyl (C=O) groups is 1. The number of aryl methyl sites for hydroxylation is 1. The lowest BCUT2D eigenvalue weighted by atomic mass is 10.1. The fourth-order valence-corrected chi connectivity index (χ4v) is 2.00. The third-order valence-electron chi connectivity index (χ3n) is 1.87. The molecule has 0 amide bonds. The van der Waals surface area contributed by atoms with E-state index in [-0.39, 0.29) is 6.42 Å². The molecule has 1 rings (SSSR count). The van der Waals surface area contributed by atoms with E-state index in [1.807, 2.05) is 18.2 Å². The Morgan fingerprint density at radius 3 is 2.86 bits per heavy atom. The molecule has 0 radical (unpaired) electrons. The molecule has 0 aliphatic carbocycles. The number of benzene rings is 1. The summed E-state index contributed by atoms with van der Waals surface area (Å²) in [6.07, 6.45) is 0.702. The van der Waals surface area contributed by atoms with Crippen LogP contribution >= 0.6 is 22.6 Å². The van der Waals surface area contributed by atoms with E-state index in [9.17, 15) is 4.79 Å². The van der Waals surface area contributed by atoms with E-state index in [2.05, 4.69) is 22.6 Å². The third kappa shape index (κ3) is 2.87. The summed E-state index contributed by atoms with van der Waals surface area (Å²) in [5, 5.41) is 8.56. The highest BCUT2D eigenvalue weighted by Gasteiger charge is 2.06. The van der Waals surface area contributed by atoms with E-state index >= 15 is 0 Å². The Hall–Kier alpha value is -0.780. The van der Waals surface area contributed by atoms with Crippen molar-refractivity contribution in [3.8, 4) is 5.75 Å². The molecule has 0 fully saturated rings. The number of hydrogen-bond acceptors (Lipinski definition) is 2. The van der Waals surface area contributed by atoms with Crippen molar-refractivity contribution in [2.45, 2.75) is 12.8 Å². The molecule has 0 saturated carbocycles. The Morgan fingerprint density at radius 1 is 1.57 bits per heavy atom. The lowest BCUT2D eigenvalue weighted by molar-refractivity contribution is -0.136. The minimum Gasteiger partial charge on any atom is -0.496 e. The van der Waals surface area contributed by atoms with Crippen LogP contribution in [0.3, 0.4) is 0 Å². The highest BCUT2D eigenvalue weighted by Crippen LogP contribution is 2.24. The Kier molecular flexibility index (Phi) is 4.19. The van der Waals surface area contributed by atoms with Gasteiger partial charge in [-0.3, -0.25) is 4.79 Å².